The van der Waals surface area contributed by atoms with E-state index in [9.17, 15) is 13.9 Å². The van der Waals surface area contributed by atoms with Gasteiger partial charge in [-0.1, -0.05) is 12.1 Å². The average Bonchev–Trinajstić information content (AvgIpc) is 2.34. The van der Waals surface area contributed by atoms with E-state index in [4.69, 9.17) is 4.74 Å². The van der Waals surface area contributed by atoms with Gasteiger partial charge in [-0.15, -0.1) is 0 Å². The molecular formula is C15H14F2O2. The smallest absolute Gasteiger partial charge is 0.168 e. The van der Waals surface area contributed by atoms with Crippen LogP contribution in [0.25, 0.3) is 0 Å². The van der Waals surface area contributed by atoms with Gasteiger partial charge in [-0.05, 0) is 43.7 Å². The summed E-state index contributed by atoms with van der Waals surface area (Å²) in [5.41, 5.74) is 0.906. The molecule has 19 heavy (non-hydrogen) atoms. The summed E-state index contributed by atoms with van der Waals surface area (Å²) in [7, 11) is 0. The van der Waals surface area contributed by atoms with Crippen molar-refractivity contribution in [2.45, 2.75) is 20.0 Å². The molecule has 0 bridgehead atoms. The van der Waals surface area contributed by atoms with Gasteiger partial charge in [0.2, 0.25) is 0 Å². The Labute approximate surface area is 110 Å². The molecule has 4 heteroatoms. The number of hydrogen-bond donors (Lipinski definition) is 1. The zero-order chi connectivity index (χ0) is 14.0. The maximum Gasteiger partial charge on any atom is 0.168 e. The number of para-hydroxylation sites is 1. The number of aliphatic hydroxyl groups is 1. The lowest BCUT2D eigenvalue weighted by Gasteiger charge is -2.15. The third-order valence-corrected chi connectivity index (χ3v) is 2.80. The van der Waals surface area contributed by atoms with Gasteiger partial charge in [0.05, 0.1) is 6.10 Å². The Balaban J connectivity index is 2.43. The molecule has 0 fully saturated rings. The Bertz CT molecular complexity index is 595. The van der Waals surface area contributed by atoms with Crippen molar-refractivity contribution in [3.8, 4) is 11.5 Å². The summed E-state index contributed by atoms with van der Waals surface area (Å²) < 4.78 is 32.3. The molecule has 2 nitrogen and oxygen atoms in total. The molecule has 0 aromatic heterocycles. The summed E-state index contributed by atoms with van der Waals surface area (Å²) in [5.74, 6) is -0.628. The SMILES string of the molecule is Cc1cc(F)ccc1Oc1c(F)cccc1[C@@H](C)O. The third-order valence-electron chi connectivity index (χ3n) is 2.80. The molecule has 0 amide bonds. The van der Waals surface area contributed by atoms with Gasteiger partial charge in [0.25, 0.3) is 0 Å². The summed E-state index contributed by atoms with van der Waals surface area (Å²) in [6.45, 7) is 3.19. The van der Waals surface area contributed by atoms with Crippen LogP contribution in [-0.2, 0) is 0 Å². The van der Waals surface area contributed by atoms with Crippen LogP contribution in [0.3, 0.4) is 0 Å². The van der Waals surface area contributed by atoms with E-state index in [0.717, 1.165) is 0 Å². The molecule has 2 rings (SSSR count). The standard InChI is InChI=1S/C15H14F2O2/c1-9-8-11(16)6-7-14(9)19-15-12(10(2)18)4-3-5-13(15)17/h3-8,10,18H,1-2H3/t10-/m1/s1. The van der Waals surface area contributed by atoms with Crippen LogP contribution in [0.2, 0.25) is 0 Å². The fourth-order valence-corrected chi connectivity index (χ4v) is 1.80. The molecule has 0 unspecified atom stereocenters. The molecule has 0 aliphatic heterocycles. The Morgan fingerprint density at radius 3 is 2.53 bits per heavy atom. The van der Waals surface area contributed by atoms with E-state index in [1.807, 2.05) is 0 Å². The van der Waals surface area contributed by atoms with E-state index in [1.54, 1.807) is 13.0 Å². The van der Waals surface area contributed by atoms with Gasteiger partial charge >= 0.3 is 0 Å². The van der Waals surface area contributed by atoms with Gasteiger partial charge < -0.3 is 9.84 Å². The Morgan fingerprint density at radius 2 is 1.89 bits per heavy atom. The quantitative estimate of drug-likeness (QED) is 0.903. The highest BCUT2D eigenvalue weighted by Crippen LogP contribution is 2.33. The highest BCUT2D eigenvalue weighted by molar-refractivity contribution is 5.42. The van der Waals surface area contributed by atoms with E-state index in [0.29, 0.717) is 16.9 Å². The van der Waals surface area contributed by atoms with E-state index in [1.165, 1.54) is 37.3 Å². The summed E-state index contributed by atoms with van der Waals surface area (Å²) in [4.78, 5) is 0. The third kappa shape index (κ3) is 2.90. The summed E-state index contributed by atoms with van der Waals surface area (Å²) >= 11 is 0. The fourth-order valence-electron chi connectivity index (χ4n) is 1.80. The minimum absolute atomic E-state index is 0.0350. The Hall–Kier alpha value is -1.94. The predicted molar refractivity (Wildman–Crippen MR) is 68.2 cm³/mol. The number of hydrogen-bond acceptors (Lipinski definition) is 2. The van der Waals surface area contributed by atoms with E-state index < -0.39 is 11.9 Å². The molecule has 0 aliphatic carbocycles. The number of benzene rings is 2. The highest BCUT2D eigenvalue weighted by atomic mass is 19.1. The first kappa shape index (κ1) is 13.5. The number of halogens is 2. The van der Waals surface area contributed by atoms with Crippen LogP contribution in [0.1, 0.15) is 24.2 Å². The molecule has 0 heterocycles. The number of aliphatic hydroxyl groups excluding tert-OH is 1. The largest absolute Gasteiger partial charge is 0.454 e. The van der Waals surface area contributed by atoms with Crippen molar-refractivity contribution < 1.29 is 18.6 Å². The normalized spacial score (nSPS) is 12.3. The summed E-state index contributed by atoms with van der Waals surface area (Å²) in [6.07, 6.45) is -0.855. The van der Waals surface area contributed by atoms with E-state index >= 15 is 0 Å². The first-order valence-corrected chi connectivity index (χ1v) is 5.89. The van der Waals surface area contributed by atoms with E-state index in [2.05, 4.69) is 0 Å². The molecule has 0 saturated carbocycles. The highest BCUT2D eigenvalue weighted by Gasteiger charge is 2.15. The first-order chi connectivity index (χ1) is 8.99. The van der Waals surface area contributed by atoms with Crippen LogP contribution < -0.4 is 4.74 Å². The minimum Gasteiger partial charge on any atom is -0.454 e. The van der Waals surface area contributed by atoms with Crippen LogP contribution in [0.15, 0.2) is 36.4 Å². The monoisotopic (exact) mass is 264 g/mol. The molecule has 1 N–H and O–H groups in total. The predicted octanol–water partition coefficient (Wildman–Crippen LogP) is 4.12. The van der Waals surface area contributed by atoms with E-state index in [-0.39, 0.29) is 11.6 Å². The van der Waals surface area contributed by atoms with Crippen LogP contribution in [0, 0.1) is 18.6 Å². The van der Waals surface area contributed by atoms with Crippen molar-refractivity contribution in [3.63, 3.8) is 0 Å². The number of rotatable bonds is 3. The molecule has 100 valence electrons. The molecule has 0 spiro atoms. The number of aryl methyl sites for hydroxylation is 1. The molecule has 1 atom stereocenters. The van der Waals surface area contributed by atoms with Gasteiger partial charge in [-0.2, -0.15) is 0 Å². The van der Waals surface area contributed by atoms with Gasteiger partial charge in [0, 0.05) is 5.56 Å². The molecule has 2 aromatic carbocycles. The van der Waals surface area contributed by atoms with Crippen molar-refractivity contribution >= 4 is 0 Å². The van der Waals surface area contributed by atoms with Crippen molar-refractivity contribution in [2.75, 3.05) is 0 Å². The fraction of sp³-hybridized carbons (Fsp3) is 0.200. The van der Waals surface area contributed by atoms with Gasteiger partial charge in [0.1, 0.15) is 11.6 Å². The van der Waals surface area contributed by atoms with Crippen molar-refractivity contribution in [3.05, 3.63) is 59.2 Å². The van der Waals surface area contributed by atoms with Crippen molar-refractivity contribution in [1.29, 1.82) is 0 Å². The molecule has 0 aliphatic rings. The number of ether oxygens (including phenoxy) is 1. The maximum atomic E-state index is 13.8. The van der Waals surface area contributed by atoms with Crippen LogP contribution >= 0.6 is 0 Å². The van der Waals surface area contributed by atoms with Gasteiger partial charge in [-0.25, -0.2) is 8.78 Å². The zero-order valence-electron chi connectivity index (χ0n) is 10.7. The second kappa shape index (κ2) is 5.36. The second-order valence-corrected chi connectivity index (χ2v) is 4.35. The molecule has 2 aromatic rings. The lowest BCUT2D eigenvalue weighted by molar-refractivity contribution is 0.194. The summed E-state index contributed by atoms with van der Waals surface area (Å²) in [5, 5.41) is 9.61. The zero-order valence-corrected chi connectivity index (χ0v) is 10.7. The summed E-state index contributed by atoms with van der Waals surface area (Å²) in [6, 6.07) is 8.32. The van der Waals surface area contributed by atoms with Gasteiger partial charge in [-0.3, -0.25) is 0 Å². The van der Waals surface area contributed by atoms with Crippen LogP contribution in [0.5, 0.6) is 11.5 Å². The second-order valence-electron chi connectivity index (χ2n) is 4.35. The Morgan fingerprint density at radius 1 is 1.16 bits per heavy atom. The molecular weight excluding hydrogens is 250 g/mol. The maximum absolute atomic E-state index is 13.8. The topological polar surface area (TPSA) is 29.5 Å². The minimum atomic E-state index is -0.855. The Kier molecular flexibility index (Phi) is 3.81. The lowest BCUT2D eigenvalue weighted by atomic mass is 10.1. The molecule has 0 radical (unpaired) electrons. The lowest BCUT2D eigenvalue weighted by Crippen LogP contribution is -1.99. The van der Waals surface area contributed by atoms with Crippen molar-refractivity contribution in [2.24, 2.45) is 0 Å². The van der Waals surface area contributed by atoms with Crippen molar-refractivity contribution in [1.82, 2.24) is 0 Å². The van der Waals surface area contributed by atoms with Crippen LogP contribution in [0.4, 0.5) is 8.78 Å². The van der Waals surface area contributed by atoms with Gasteiger partial charge in [0.15, 0.2) is 11.6 Å². The average molecular weight is 264 g/mol. The first-order valence-electron chi connectivity index (χ1n) is 5.89. The molecule has 0 saturated heterocycles. The van der Waals surface area contributed by atoms with Crippen LogP contribution in [-0.4, -0.2) is 5.11 Å².